The van der Waals surface area contributed by atoms with Gasteiger partial charge < -0.3 is 14.9 Å². The second kappa shape index (κ2) is 4.48. The van der Waals surface area contributed by atoms with Gasteiger partial charge in [-0.05, 0) is 18.2 Å². The van der Waals surface area contributed by atoms with E-state index in [4.69, 9.17) is 14.9 Å². The lowest BCUT2D eigenvalue weighted by Crippen LogP contribution is -2.12. The van der Waals surface area contributed by atoms with Crippen LogP contribution < -0.4 is 10.5 Å². The van der Waals surface area contributed by atoms with Gasteiger partial charge in [0.05, 0.1) is 17.6 Å². The fourth-order valence-electron chi connectivity index (χ4n) is 2.37. The molecule has 1 aromatic heterocycles. The standard InChI is InChI=1S/C14H10N2O5/c1-20-10-4-5-11-12(13(10)14(15)17)8-6-7(16(18)19)2-3-9(8)21-11/h2-6H,1H3,(H2,15,17). The summed E-state index contributed by atoms with van der Waals surface area (Å²) < 4.78 is 10.7. The number of nitrogens with two attached hydrogens (primary N) is 1. The van der Waals surface area contributed by atoms with Gasteiger partial charge in [0, 0.05) is 22.9 Å². The highest BCUT2D eigenvalue weighted by Crippen LogP contribution is 2.37. The van der Waals surface area contributed by atoms with Crippen LogP contribution in [0.15, 0.2) is 34.7 Å². The Hall–Kier alpha value is -3.09. The second-order valence-electron chi connectivity index (χ2n) is 4.42. The summed E-state index contributed by atoms with van der Waals surface area (Å²) in [5.41, 5.74) is 6.32. The number of rotatable bonds is 3. The number of methoxy groups -OCH3 is 1. The van der Waals surface area contributed by atoms with Crippen molar-refractivity contribution in [2.45, 2.75) is 0 Å². The lowest BCUT2D eigenvalue weighted by molar-refractivity contribution is -0.384. The molecule has 0 spiro atoms. The molecule has 21 heavy (non-hydrogen) atoms. The maximum Gasteiger partial charge on any atom is 0.270 e. The van der Waals surface area contributed by atoms with Crippen LogP contribution in [0.2, 0.25) is 0 Å². The molecule has 2 N–H and O–H groups in total. The van der Waals surface area contributed by atoms with Crippen LogP contribution >= 0.6 is 0 Å². The van der Waals surface area contributed by atoms with Gasteiger partial charge in [-0.25, -0.2) is 0 Å². The third-order valence-electron chi connectivity index (χ3n) is 3.26. The molecule has 0 bridgehead atoms. The van der Waals surface area contributed by atoms with E-state index in [-0.39, 0.29) is 11.3 Å². The number of primary amides is 1. The predicted molar refractivity (Wildman–Crippen MR) is 75.4 cm³/mol. The first-order chi connectivity index (χ1) is 10.0. The van der Waals surface area contributed by atoms with Crippen LogP contribution in [0, 0.1) is 10.1 Å². The smallest absolute Gasteiger partial charge is 0.270 e. The third-order valence-corrected chi connectivity index (χ3v) is 3.26. The van der Waals surface area contributed by atoms with Crippen molar-refractivity contribution in [2.24, 2.45) is 5.73 Å². The zero-order valence-electron chi connectivity index (χ0n) is 11.0. The lowest BCUT2D eigenvalue weighted by atomic mass is 10.0. The molecule has 7 heteroatoms. The maximum atomic E-state index is 11.7. The highest BCUT2D eigenvalue weighted by atomic mass is 16.6. The number of benzene rings is 2. The van der Waals surface area contributed by atoms with Crippen LogP contribution in [0.3, 0.4) is 0 Å². The second-order valence-corrected chi connectivity index (χ2v) is 4.42. The SMILES string of the molecule is COc1ccc2oc3ccc([N+](=O)[O-])cc3c2c1C(N)=O. The molecule has 0 fully saturated rings. The fraction of sp³-hybridized carbons (Fsp3) is 0.0714. The van der Waals surface area contributed by atoms with Crippen molar-refractivity contribution >= 4 is 33.5 Å². The van der Waals surface area contributed by atoms with Crippen molar-refractivity contribution in [3.05, 3.63) is 46.0 Å². The quantitative estimate of drug-likeness (QED) is 0.588. The van der Waals surface area contributed by atoms with Crippen molar-refractivity contribution in [3.63, 3.8) is 0 Å². The number of hydrogen-bond donors (Lipinski definition) is 1. The molecule has 3 rings (SSSR count). The number of carbonyl (C=O) groups excluding carboxylic acids is 1. The van der Waals surface area contributed by atoms with Gasteiger partial charge in [-0.1, -0.05) is 0 Å². The summed E-state index contributed by atoms with van der Waals surface area (Å²) in [4.78, 5) is 22.1. The maximum absolute atomic E-state index is 11.7. The van der Waals surface area contributed by atoms with Gasteiger partial charge in [-0.2, -0.15) is 0 Å². The van der Waals surface area contributed by atoms with Crippen molar-refractivity contribution in [2.75, 3.05) is 7.11 Å². The first kappa shape index (κ1) is 12.9. The number of carbonyl (C=O) groups is 1. The minimum absolute atomic E-state index is 0.0940. The first-order valence-corrected chi connectivity index (χ1v) is 6.00. The molecule has 0 saturated heterocycles. The average molecular weight is 286 g/mol. The molecule has 0 unspecified atom stereocenters. The summed E-state index contributed by atoms with van der Waals surface area (Å²) >= 11 is 0. The minimum atomic E-state index is -0.688. The number of fused-ring (bicyclic) bond motifs is 3. The molecule has 3 aromatic rings. The average Bonchev–Trinajstić information content (AvgIpc) is 2.83. The Labute approximate surface area is 118 Å². The van der Waals surface area contributed by atoms with Crippen molar-refractivity contribution in [3.8, 4) is 5.75 Å². The number of nitro groups is 1. The molecular weight excluding hydrogens is 276 g/mol. The first-order valence-electron chi connectivity index (χ1n) is 6.00. The van der Waals surface area contributed by atoms with E-state index >= 15 is 0 Å². The Kier molecular flexibility index (Phi) is 2.76. The largest absolute Gasteiger partial charge is 0.496 e. The van der Waals surface area contributed by atoms with E-state index in [1.807, 2.05) is 0 Å². The van der Waals surface area contributed by atoms with Crippen LogP contribution in [-0.4, -0.2) is 17.9 Å². The third kappa shape index (κ3) is 1.86. The van der Waals surface area contributed by atoms with Gasteiger partial charge >= 0.3 is 0 Å². The number of hydrogen-bond acceptors (Lipinski definition) is 5. The van der Waals surface area contributed by atoms with Gasteiger partial charge in [0.15, 0.2) is 0 Å². The van der Waals surface area contributed by atoms with E-state index in [0.29, 0.717) is 27.7 Å². The number of amides is 1. The molecule has 0 aliphatic carbocycles. The molecule has 106 valence electrons. The van der Waals surface area contributed by atoms with Gasteiger partial charge in [0.2, 0.25) is 0 Å². The van der Waals surface area contributed by atoms with Crippen molar-refractivity contribution in [1.82, 2.24) is 0 Å². The Morgan fingerprint density at radius 2 is 2.00 bits per heavy atom. The Morgan fingerprint density at radius 3 is 2.62 bits per heavy atom. The van der Waals surface area contributed by atoms with Crippen LogP contribution in [0.4, 0.5) is 5.69 Å². The molecule has 0 saturated carbocycles. The summed E-state index contributed by atoms with van der Waals surface area (Å²) in [6, 6.07) is 7.38. The highest BCUT2D eigenvalue weighted by molar-refractivity contribution is 6.17. The van der Waals surface area contributed by atoms with Crippen LogP contribution in [0.1, 0.15) is 10.4 Å². The van der Waals surface area contributed by atoms with E-state index in [1.54, 1.807) is 12.1 Å². The topological polar surface area (TPSA) is 109 Å². The van der Waals surface area contributed by atoms with E-state index in [2.05, 4.69) is 0 Å². The lowest BCUT2D eigenvalue weighted by Gasteiger charge is -2.06. The molecule has 0 atom stereocenters. The fourth-order valence-corrected chi connectivity index (χ4v) is 2.37. The summed E-state index contributed by atoms with van der Waals surface area (Å²) in [7, 11) is 1.42. The monoisotopic (exact) mass is 286 g/mol. The molecule has 0 radical (unpaired) electrons. The van der Waals surface area contributed by atoms with Crippen LogP contribution in [-0.2, 0) is 0 Å². The minimum Gasteiger partial charge on any atom is -0.496 e. The number of non-ortho nitro benzene ring substituents is 1. The van der Waals surface area contributed by atoms with E-state index < -0.39 is 10.8 Å². The Balaban J connectivity index is 2.50. The Bertz CT molecular complexity index is 897. The molecule has 7 nitrogen and oxygen atoms in total. The predicted octanol–water partition coefficient (Wildman–Crippen LogP) is 2.60. The summed E-state index contributed by atoms with van der Waals surface area (Å²) in [5, 5.41) is 11.8. The zero-order valence-corrected chi connectivity index (χ0v) is 11.0. The number of nitrogens with zero attached hydrogens (tertiary/aromatic N) is 1. The van der Waals surface area contributed by atoms with E-state index in [9.17, 15) is 14.9 Å². The zero-order chi connectivity index (χ0) is 15.1. The number of furan rings is 1. The Morgan fingerprint density at radius 1 is 1.29 bits per heavy atom. The van der Waals surface area contributed by atoms with Gasteiger partial charge in [-0.15, -0.1) is 0 Å². The van der Waals surface area contributed by atoms with E-state index in [1.165, 1.54) is 25.3 Å². The molecule has 0 aliphatic rings. The number of nitro benzene ring substituents is 1. The van der Waals surface area contributed by atoms with Gasteiger partial charge in [-0.3, -0.25) is 14.9 Å². The van der Waals surface area contributed by atoms with Crippen LogP contribution in [0.25, 0.3) is 21.9 Å². The van der Waals surface area contributed by atoms with Gasteiger partial charge in [0.25, 0.3) is 11.6 Å². The highest BCUT2D eigenvalue weighted by Gasteiger charge is 2.20. The normalized spacial score (nSPS) is 10.9. The van der Waals surface area contributed by atoms with Crippen molar-refractivity contribution in [1.29, 1.82) is 0 Å². The summed E-state index contributed by atoms with van der Waals surface area (Å²) in [5.74, 6) is -0.393. The van der Waals surface area contributed by atoms with Crippen molar-refractivity contribution < 1.29 is 18.9 Å². The van der Waals surface area contributed by atoms with E-state index in [0.717, 1.165) is 0 Å². The molecule has 1 amide bonds. The summed E-state index contributed by atoms with van der Waals surface area (Å²) in [6.45, 7) is 0. The summed E-state index contributed by atoms with van der Waals surface area (Å²) in [6.07, 6.45) is 0. The molecule has 1 heterocycles. The van der Waals surface area contributed by atoms with Gasteiger partial charge in [0.1, 0.15) is 16.9 Å². The number of ether oxygens (including phenoxy) is 1. The van der Waals surface area contributed by atoms with Crippen LogP contribution in [0.5, 0.6) is 5.75 Å². The molecule has 0 aliphatic heterocycles. The molecular formula is C14H10N2O5. The molecule has 2 aromatic carbocycles.